The summed E-state index contributed by atoms with van der Waals surface area (Å²) in [6.45, 7) is 3.24. The second-order valence-corrected chi connectivity index (χ2v) is 5.21. The SMILES string of the molecule is CCNC1CCCC(Sc2ncco2)C1. The van der Waals surface area contributed by atoms with Crippen molar-refractivity contribution in [2.45, 2.75) is 49.1 Å². The summed E-state index contributed by atoms with van der Waals surface area (Å²) in [4.78, 5) is 4.16. The molecule has 4 heteroatoms. The average molecular weight is 226 g/mol. The molecule has 0 aromatic carbocycles. The summed E-state index contributed by atoms with van der Waals surface area (Å²) < 4.78 is 5.26. The molecule has 1 heterocycles. The zero-order valence-corrected chi connectivity index (χ0v) is 9.93. The van der Waals surface area contributed by atoms with Gasteiger partial charge in [0.1, 0.15) is 6.26 Å². The van der Waals surface area contributed by atoms with E-state index < -0.39 is 0 Å². The van der Waals surface area contributed by atoms with E-state index in [1.54, 1.807) is 24.2 Å². The van der Waals surface area contributed by atoms with Crippen LogP contribution in [0.4, 0.5) is 0 Å². The van der Waals surface area contributed by atoms with Crippen molar-refractivity contribution in [2.75, 3.05) is 6.54 Å². The number of oxazole rings is 1. The number of thioether (sulfide) groups is 1. The van der Waals surface area contributed by atoms with Gasteiger partial charge in [-0.25, -0.2) is 4.98 Å². The summed E-state index contributed by atoms with van der Waals surface area (Å²) in [5, 5.41) is 5.01. The van der Waals surface area contributed by atoms with Crippen molar-refractivity contribution >= 4 is 11.8 Å². The number of hydrogen-bond donors (Lipinski definition) is 1. The minimum atomic E-state index is 0.668. The molecule has 0 spiro atoms. The van der Waals surface area contributed by atoms with Crippen molar-refractivity contribution in [3.63, 3.8) is 0 Å². The van der Waals surface area contributed by atoms with Gasteiger partial charge in [0.15, 0.2) is 0 Å². The summed E-state index contributed by atoms with van der Waals surface area (Å²) >= 11 is 1.78. The largest absolute Gasteiger partial charge is 0.440 e. The molecule has 0 saturated heterocycles. The molecule has 84 valence electrons. The van der Waals surface area contributed by atoms with Crippen LogP contribution in [0.3, 0.4) is 0 Å². The molecule has 1 aromatic heterocycles. The maximum absolute atomic E-state index is 5.26. The van der Waals surface area contributed by atoms with Crippen LogP contribution in [-0.4, -0.2) is 22.8 Å². The Morgan fingerprint density at radius 3 is 3.27 bits per heavy atom. The number of nitrogens with zero attached hydrogens (tertiary/aromatic N) is 1. The van der Waals surface area contributed by atoms with Crippen LogP contribution in [0.25, 0.3) is 0 Å². The summed E-state index contributed by atoms with van der Waals surface area (Å²) in [5.41, 5.74) is 0. The van der Waals surface area contributed by atoms with E-state index in [2.05, 4.69) is 17.2 Å². The van der Waals surface area contributed by atoms with E-state index in [4.69, 9.17) is 4.42 Å². The van der Waals surface area contributed by atoms with E-state index in [1.165, 1.54) is 25.7 Å². The highest BCUT2D eigenvalue weighted by atomic mass is 32.2. The normalized spacial score (nSPS) is 26.7. The first-order valence-corrected chi connectivity index (χ1v) is 6.56. The Morgan fingerprint density at radius 2 is 2.53 bits per heavy atom. The van der Waals surface area contributed by atoms with Gasteiger partial charge in [-0.2, -0.15) is 0 Å². The molecule has 3 nitrogen and oxygen atoms in total. The van der Waals surface area contributed by atoms with Crippen LogP contribution in [0.2, 0.25) is 0 Å². The molecule has 0 radical (unpaired) electrons. The molecule has 15 heavy (non-hydrogen) atoms. The molecular weight excluding hydrogens is 208 g/mol. The third-order valence-corrected chi connectivity index (χ3v) is 3.96. The van der Waals surface area contributed by atoms with E-state index in [0.29, 0.717) is 11.3 Å². The van der Waals surface area contributed by atoms with Gasteiger partial charge in [0.05, 0.1) is 6.20 Å². The maximum atomic E-state index is 5.26. The number of nitrogens with one attached hydrogen (secondary N) is 1. The molecule has 1 N–H and O–H groups in total. The van der Waals surface area contributed by atoms with E-state index in [-0.39, 0.29) is 0 Å². The minimum absolute atomic E-state index is 0.668. The molecule has 1 saturated carbocycles. The Balaban J connectivity index is 1.82. The lowest BCUT2D eigenvalue weighted by atomic mass is 9.95. The summed E-state index contributed by atoms with van der Waals surface area (Å²) in [7, 11) is 0. The molecule has 1 aliphatic rings. The van der Waals surface area contributed by atoms with Gasteiger partial charge in [-0.15, -0.1) is 0 Å². The fourth-order valence-corrected chi connectivity index (χ4v) is 3.27. The lowest BCUT2D eigenvalue weighted by Crippen LogP contribution is -2.34. The summed E-state index contributed by atoms with van der Waals surface area (Å²) in [6.07, 6.45) is 8.52. The van der Waals surface area contributed by atoms with Crippen LogP contribution in [0, 0.1) is 0 Å². The van der Waals surface area contributed by atoms with E-state index in [1.807, 2.05) is 0 Å². The fraction of sp³-hybridized carbons (Fsp3) is 0.727. The highest BCUT2D eigenvalue weighted by Crippen LogP contribution is 2.32. The Hall–Kier alpha value is -0.480. The molecule has 2 rings (SSSR count). The molecule has 0 aliphatic heterocycles. The van der Waals surface area contributed by atoms with E-state index >= 15 is 0 Å². The molecule has 1 aliphatic carbocycles. The number of hydrogen-bond acceptors (Lipinski definition) is 4. The third kappa shape index (κ3) is 3.24. The van der Waals surface area contributed by atoms with Crippen molar-refractivity contribution < 1.29 is 4.42 Å². The van der Waals surface area contributed by atoms with Gasteiger partial charge in [0.2, 0.25) is 0 Å². The average Bonchev–Trinajstić information content (AvgIpc) is 2.71. The Bertz CT molecular complexity index is 274. The highest BCUT2D eigenvalue weighted by molar-refractivity contribution is 7.99. The van der Waals surface area contributed by atoms with Crippen molar-refractivity contribution in [2.24, 2.45) is 0 Å². The molecule has 2 unspecified atom stereocenters. The van der Waals surface area contributed by atoms with Crippen molar-refractivity contribution in [3.8, 4) is 0 Å². The maximum Gasteiger partial charge on any atom is 0.255 e. The Kier molecular flexibility index (Phi) is 4.09. The first-order valence-electron chi connectivity index (χ1n) is 5.68. The van der Waals surface area contributed by atoms with Gasteiger partial charge in [-0.05, 0) is 25.8 Å². The van der Waals surface area contributed by atoms with Crippen molar-refractivity contribution in [1.29, 1.82) is 0 Å². The lowest BCUT2D eigenvalue weighted by molar-refractivity contribution is 0.384. The van der Waals surface area contributed by atoms with Crippen LogP contribution in [0.15, 0.2) is 22.1 Å². The lowest BCUT2D eigenvalue weighted by Gasteiger charge is -2.28. The number of rotatable bonds is 4. The van der Waals surface area contributed by atoms with Gasteiger partial charge in [-0.3, -0.25) is 0 Å². The zero-order chi connectivity index (χ0) is 10.5. The van der Waals surface area contributed by atoms with Crippen molar-refractivity contribution in [3.05, 3.63) is 12.5 Å². The predicted octanol–water partition coefficient (Wildman–Crippen LogP) is 2.69. The van der Waals surface area contributed by atoms with Gasteiger partial charge in [-0.1, -0.05) is 25.1 Å². The Morgan fingerprint density at radius 1 is 1.60 bits per heavy atom. The fourth-order valence-electron chi connectivity index (χ4n) is 2.14. The van der Waals surface area contributed by atoms with Crippen LogP contribution < -0.4 is 5.32 Å². The van der Waals surface area contributed by atoms with Gasteiger partial charge in [0, 0.05) is 11.3 Å². The molecular formula is C11H18N2OS. The molecule has 2 atom stereocenters. The van der Waals surface area contributed by atoms with Crippen LogP contribution in [-0.2, 0) is 0 Å². The molecule has 0 bridgehead atoms. The monoisotopic (exact) mass is 226 g/mol. The molecule has 1 fully saturated rings. The first kappa shape index (κ1) is 11.0. The smallest absolute Gasteiger partial charge is 0.255 e. The quantitative estimate of drug-likeness (QED) is 0.856. The summed E-state index contributed by atoms with van der Waals surface area (Å²) in [6, 6.07) is 0.691. The van der Waals surface area contributed by atoms with Crippen LogP contribution in [0.1, 0.15) is 32.6 Å². The Labute approximate surface area is 95.0 Å². The predicted molar refractivity (Wildman–Crippen MR) is 62.1 cm³/mol. The molecule has 0 amide bonds. The van der Waals surface area contributed by atoms with Crippen molar-refractivity contribution in [1.82, 2.24) is 10.3 Å². The minimum Gasteiger partial charge on any atom is -0.440 e. The third-order valence-electron chi connectivity index (χ3n) is 2.80. The zero-order valence-electron chi connectivity index (χ0n) is 9.11. The van der Waals surface area contributed by atoms with E-state index in [9.17, 15) is 0 Å². The summed E-state index contributed by atoms with van der Waals surface area (Å²) in [5.74, 6) is 0. The van der Waals surface area contributed by atoms with Crippen LogP contribution >= 0.6 is 11.8 Å². The second-order valence-electron chi connectivity index (χ2n) is 3.96. The number of aromatic nitrogens is 1. The van der Waals surface area contributed by atoms with Gasteiger partial charge >= 0.3 is 0 Å². The second kappa shape index (κ2) is 5.56. The standard InChI is InChI=1S/C11H18N2OS/c1-2-12-9-4-3-5-10(8-9)15-11-13-6-7-14-11/h6-7,9-10,12H,2-5,8H2,1H3. The van der Waals surface area contributed by atoms with Gasteiger partial charge in [0.25, 0.3) is 5.22 Å². The van der Waals surface area contributed by atoms with Gasteiger partial charge < -0.3 is 9.73 Å². The molecule has 1 aromatic rings. The topological polar surface area (TPSA) is 38.1 Å². The first-order chi connectivity index (χ1) is 7.38. The highest BCUT2D eigenvalue weighted by Gasteiger charge is 2.23. The van der Waals surface area contributed by atoms with E-state index in [0.717, 1.165) is 11.8 Å². The van der Waals surface area contributed by atoms with Crippen LogP contribution in [0.5, 0.6) is 0 Å².